The number of nitrogens with zero attached hydrogens (tertiary/aromatic N) is 4. The van der Waals surface area contributed by atoms with Crippen molar-refractivity contribution in [3.8, 4) is 11.4 Å². The first-order valence-corrected chi connectivity index (χ1v) is 11.2. The van der Waals surface area contributed by atoms with E-state index in [-0.39, 0.29) is 6.03 Å². The van der Waals surface area contributed by atoms with Crippen LogP contribution in [0.3, 0.4) is 0 Å². The maximum absolute atomic E-state index is 12.9. The minimum Gasteiger partial charge on any atom is -0.353 e. The van der Waals surface area contributed by atoms with Gasteiger partial charge in [-0.15, -0.1) is 0 Å². The van der Waals surface area contributed by atoms with Gasteiger partial charge in [-0.1, -0.05) is 29.8 Å². The normalized spacial score (nSPS) is 13.9. The average Bonchev–Trinajstić information content (AvgIpc) is 2.79. The van der Waals surface area contributed by atoms with Crippen molar-refractivity contribution in [3.63, 3.8) is 0 Å². The zero-order chi connectivity index (χ0) is 22.8. The van der Waals surface area contributed by atoms with E-state index in [1.54, 1.807) is 0 Å². The first-order valence-electron chi connectivity index (χ1n) is 10.8. The Balaban J connectivity index is 1.48. The largest absolute Gasteiger partial charge is 0.353 e. The fourth-order valence-corrected chi connectivity index (χ4v) is 4.09. The fourth-order valence-electron chi connectivity index (χ4n) is 3.97. The first-order chi connectivity index (χ1) is 15.3. The van der Waals surface area contributed by atoms with Gasteiger partial charge >= 0.3 is 6.03 Å². The van der Waals surface area contributed by atoms with Crippen LogP contribution in [0.25, 0.3) is 11.4 Å². The molecule has 3 aromatic rings. The van der Waals surface area contributed by atoms with Crippen LogP contribution >= 0.6 is 11.6 Å². The quantitative estimate of drug-likeness (QED) is 0.582. The summed E-state index contributed by atoms with van der Waals surface area (Å²) >= 11 is 6.03. The molecule has 1 aliphatic rings. The smallest absolute Gasteiger partial charge is 0.321 e. The van der Waals surface area contributed by atoms with Gasteiger partial charge in [0.15, 0.2) is 5.82 Å². The molecule has 6 nitrogen and oxygen atoms in total. The van der Waals surface area contributed by atoms with Crippen LogP contribution in [0.5, 0.6) is 0 Å². The van der Waals surface area contributed by atoms with E-state index in [4.69, 9.17) is 16.6 Å². The second kappa shape index (κ2) is 9.17. The van der Waals surface area contributed by atoms with E-state index in [2.05, 4.69) is 22.1 Å². The van der Waals surface area contributed by atoms with Crippen molar-refractivity contribution in [2.75, 3.05) is 36.4 Å². The van der Waals surface area contributed by atoms with Gasteiger partial charge in [-0.05, 0) is 63.1 Å². The van der Waals surface area contributed by atoms with Gasteiger partial charge < -0.3 is 15.1 Å². The van der Waals surface area contributed by atoms with Crippen LogP contribution in [-0.2, 0) is 0 Å². The molecule has 32 heavy (non-hydrogen) atoms. The predicted molar refractivity (Wildman–Crippen MR) is 131 cm³/mol. The molecule has 1 saturated heterocycles. The number of amides is 2. The monoisotopic (exact) mass is 449 g/mol. The number of anilines is 2. The lowest BCUT2D eigenvalue weighted by atomic mass is 10.1. The fraction of sp³-hybridized carbons (Fsp3) is 0.320. The molecule has 0 saturated carbocycles. The van der Waals surface area contributed by atoms with Crippen LogP contribution < -0.4 is 10.2 Å². The molecule has 2 heterocycles. The number of piperazine rings is 1. The summed E-state index contributed by atoms with van der Waals surface area (Å²) in [6, 6.07) is 13.5. The SMILES string of the molecule is Cc1cccc(C)c1NC(=O)N1CCN(c2nc(-c3ccc(Cl)cc3)nc(C)c2C)CC1. The number of nitrogens with one attached hydrogen (secondary N) is 1. The van der Waals surface area contributed by atoms with E-state index < -0.39 is 0 Å². The molecule has 166 valence electrons. The van der Waals surface area contributed by atoms with E-state index in [0.29, 0.717) is 23.9 Å². The standard InChI is InChI=1S/C25H28ClN5O/c1-16-6-5-7-17(2)22(16)28-25(32)31-14-12-30(13-15-31)24-18(3)19(4)27-23(29-24)20-8-10-21(26)11-9-20/h5-11H,12-15H2,1-4H3,(H,28,32). The summed E-state index contributed by atoms with van der Waals surface area (Å²) in [7, 11) is 0. The van der Waals surface area contributed by atoms with Crippen molar-refractivity contribution < 1.29 is 4.79 Å². The van der Waals surface area contributed by atoms with Crippen LogP contribution in [0.2, 0.25) is 5.02 Å². The molecule has 0 radical (unpaired) electrons. The van der Waals surface area contributed by atoms with Crippen LogP contribution in [0, 0.1) is 27.7 Å². The van der Waals surface area contributed by atoms with Crippen molar-refractivity contribution >= 4 is 29.1 Å². The molecular weight excluding hydrogens is 422 g/mol. The third-order valence-corrected chi connectivity index (χ3v) is 6.30. The number of halogens is 1. The number of carbonyl (C=O) groups is 1. The summed E-state index contributed by atoms with van der Waals surface area (Å²) < 4.78 is 0. The second-order valence-corrected chi connectivity index (χ2v) is 8.70. The average molecular weight is 450 g/mol. The summed E-state index contributed by atoms with van der Waals surface area (Å²) in [4.78, 5) is 26.5. The third-order valence-electron chi connectivity index (χ3n) is 6.05. The lowest BCUT2D eigenvalue weighted by molar-refractivity contribution is 0.208. The second-order valence-electron chi connectivity index (χ2n) is 8.26. The third kappa shape index (κ3) is 4.55. The molecular formula is C25H28ClN5O. The number of hydrogen-bond donors (Lipinski definition) is 1. The van der Waals surface area contributed by atoms with Crippen molar-refractivity contribution in [1.29, 1.82) is 0 Å². The number of aromatic nitrogens is 2. The van der Waals surface area contributed by atoms with Crippen LogP contribution in [0.1, 0.15) is 22.4 Å². The topological polar surface area (TPSA) is 61.4 Å². The molecule has 1 aromatic heterocycles. The number of rotatable bonds is 3. The van der Waals surface area contributed by atoms with Crippen molar-refractivity contribution in [1.82, 2.24) is 14.9 Å². The lowest BCUT2D eigenvalue weighted by Crippen LogP contribution is -2.50. The van der Waals surface area contributed by atoms with E-state index in [0.717, 1.165) is 52.5 Å². The lowest BCUT2D eigenvalue weighted by Gasteiger charge is -2.36. The molecule has 1 N–H and O–H groups in total. The minimum atomic E-state index is -0.0560. The van der Waals surface area contributed by atoms with Crippen molar-refractivity contribution in [2.45, 2.75) is 27.7 Å². The van der Waals surface area contributed by atoms with E-state index in [1.165, 1.54) is 0 Å². The number of hydrogen-bond acceptors (Lipinski definition) is 4. The molecule has 1 fully saturated rings. The minimum absolute atomic E-state index is 0.0560. The van der Waals surface area contributed by atoms with Gasteiger partial charge in [-0.2, -0.15) is 0 Å². The summed E-state index contributed by atoms with van der Waals surface area (Å²) in [6.07, 6.45) is 0. The summed E-state index contributed by atoms with van der Waals surface area (Å²) in [5, 5.41) is 3.78. The summed E-state index contributed by atoms with van der Waals surface area (Å²) in [5.41, 5.74) is 5.99. The Morgan fingerprint density at radius 3 is 2.16 bits per heavy atom. The van der Waals surface area contributed by atoms with Crippen molar-refractivity contribution in [2.24, 2.45) is 0 Å². The Morgan fingerprint density at radius 2 is 1.53 bits per heavy atom. The van der Waals surface area contributed by atoms with Gasteiger partial charge in [-0.25, -0.2) is 14.8 Å². The van der Waals surface area contributed by atoms with Gasteiger partial charge in [0.1, 0.15) is 5.82 Å². The Labute approximate surface area is 194 Å². The van der Waals surface area contributed by atoms with E-state index in [9.17, 15) is 4.79 Å². The molecule has 2 amide bonds. The molecule has 0 spiro atoms. The van der Waals surface area contributed by atoms with E-state index >= 15 is 0 Å². The number of aryl methyl sites for hydroxylation is 3. The Morgan fingerprint density at radius 1 is 0.906 bits per heavy atom. The van der Waals surface area contributed by atoms with Crippen molar-refractivity contribution in [3.05, 3.63) is 69.9 Å². The predicted octanol–water partition coefficient (Wildman–Crippen LogP) is 5.38. The highest BCUT2D eigenvalue weighted by molar-refractivity contribution is 6.30. The molecule has 0 bridgehead atoms. The van der Waals surface area contributed by atoms with Gasteiger partial charge in [0.2, 0.25) is 0 Å². The Bertz CT molecular complexity index is 1120. The van der Waals surface area contributed by atoms with Gasteiger partial charge in [0.25, 0.3) is 0 Å². The highest BCUT2D eigenvalue weighted by atomic mass is 35.5. The van der Waals surface area contributed by atoms with Gasteiger partial charge in [-0.3, -0.25) is 0 Å². The summed E-state index contributed by atoms with van der Waals surface area (Å²) in [6.45, 7) is 10.8. The molecule has 0 aliphatic carbocycles. The molecule has 7 heteroatoms. The Kier molecular flexibility index (Phi) is 6.33. The number of carbonyl (C=O) groups excluding carboxylic acids is 1. The highest BCUT2D eigenvalue weighted by Crippen LogP contribution is 2.26. The first kappa shape index (κ1) is 22.1. The maximum Gasteiger partial charge on any atom is 0.321 e. The highest BCUT2D eigenvalue weighted by Gasteiger charge is 2.24. The molecule has 0 unspecified atom stereocenters. The molecule has 4 rings (SSSR count). The van der Waals surface area contributed by atoms with Crippen LogP contribution in [-0.4, -0.2) is 47.1 Å². The van der Waals surface area contributed by atoms with Gasteiger partial charge in [0.05, 0.1) is 0 Å². The Hall–Kier alpha value is -3.12. The zero-order valence-electron chi connectivity index (χ0n) is 18.9. The number of benzene rings is 2. The van der Waals surface area contributed by atoms with Crippen LogP contribution in [0.15, 0.2) is 42.5 Å². The zero-order valence-corrected chi connectivity index (χ0v) is 19.7. The molecule has 1 aliphatic heterocycles. The molecule has 2 aromatic carbocycles. The summed E-state index contributed by atoms with van der Waals surface area (Å²) in [5.74, 6) is 1.62. The molecule has 0 atom stereocenters. The maximum atomic E-state index is 12.9. The van der Waals surface area contributed by atoms with Gasteiger partial charge in [0, 0.05) is 53.7 Å². The number of para-hydroxylation sites is 1. The van der Waals surface area contributed by atoms with Crippen LogP contribution in [0.4, 0.5) is 16.3 Å². The number of urea groups is 1. The van der Waals surface area contributed by atoms with E-state index in [1.807, 2.05) is 68.1 Å².